The van der Waals surface area contributed by atoms with Crippen molar-refractivity contribution >= 4 is 17.3 Å². The lowest BCUT2D eigenvalue weighted by atomic mass is 10.0. The first-order valence-electron chi connectivity index (χ1n) is 6.14. The van der Waals surface area contributed by atoms with Gasteiger partial charge in [-0.15, -0.1) is 0 Å². The summed E-state index contributed by atoms with van der Waals surface area (Å²) in [7, 11) is 0. The van der Waals surface area contributed by atoms with Crippen molar-refractivity contribution in [3.63, 3.8) is 0 Å². The van der Waals surface area contributed by atoms with Crippen molar-refractivity contribution in [2.45, 2.75) is 52.0 Å². The maximum absolute atomic E-state index is 5.86. The van der Waals surface area contributed by atoms with Gasteiger partial charge in [-0.3, -0.25) is 0 Å². The average Bonchev–Trinajstić information content (AvgIpc) is 2.26. The summed E-state index contributed by atoms with van der Waals surface area (Å²) >= 11 is 5.86. The lowest BCUT2D eigenvalue weighted by Gasteiger charge is -2.19. The van der Waals surface area contributed by atoms with Gasteiger partial charge in [0.15, 0.2) is 0 Å². The number of pyridine rings is 1. The Kier molecular flexibility index (Phi) is 6.24. The predicted molar refractivity (Wildman–Crippen MR) is 71.1 cm³/mol. The van der Waals surface area contributed by atoms with Gasteiger partial charge in [0.05, 0.1) is 0 Å². The minimum Gasteiger partial charge on any atom is -0.382 e. The van der Waals surface area contributed by atoms with Gasteiger partial charge in [0, 0.05) is 17.9 Å². The largest absolute Gasteiger partial charge is 0.382 e. The van der Waals surface area contributed by atoms with E-state index in [0.29, 0.717) is 11.2 Å². The number of rotatable bonds is 7. The van der Waals surface area contributed by atoms with Gasteiger partial charge in [0.2, 0.25) is 0 Å². The van der Waals surface area contributed by atoms with Gasteiger partial charge in [-0.1, -0.05) is 44.7 Å². The number of aromatic nitrogens is 1. The summed E-state index contributed by atoms with van der Waals surface area (Å²) in [5, 5.41) is 4.08. The quantitative estimate of drug-likeness (QED) is 0.710. The van der Waals surface area contributed by atoms with Crippen LogP contribution in [-0.2, 0) is 0 Å². The number of unbranched alkanes of at least 4 members (excludes halogenated alkanes) is 1. The van der Waals surface area contributed by atoms with E-state index in [9.17, 15) is 0 Å². The Morgan fingerprint density at radius 1 is 1.31 bits per heavy atom. The predicted octanol–water partition coefficient (Wildman–Crippen LogP) is 4.51. The van der Waals surface area contributed by atoms with E-state index in [1.807, 2.05) is 12.1 Å². The van der Waals surface area contributed by atoms with E-state index in [-0.39, 0.29) is 0 Å². The van der Waals surface area contributed by atoms with Crippen LogP contribution in [0.2, 0.25) is 5.15 Å². The van der Waals surface area contributed by atoms with Crippen LogP contribution in [-0.4, -0.2) is 11.0 Å². The Morgan fingerprint density at radius 3 is 2.75 bits per heavy atom. The molecule has 0 aromatic carbocycles. The van der Waals surface area contributed by atoms with Crippen LogP contribution >= 0.6 is 11.6 Å². The Balaban J connectivity index is 2.52. The zero-order valence-corrected chi connectivity index (χ0v) is 10.9. The highest BCUT2D eigenvalue weighted by Gasteiger charge is 2.07. The van der Waals surface area contributed by atoms with Crippen molar-refractivity contribution in [2.24, 2.45) is 0 Å². The summed E-state index contributed by atoms with van der Waals surface area (Å²) < 4.78 is 0. The van der Waals surface area contributed by atoms with Gasteiger partial charge in [0.25, 0.3) is 0 Å². The molecular formula is C13H21ClN2. The topological polar surface area (TPSA) is 24.9 Å². The molecule has 1 aromatic heterocycles. The summed E-state index contributed by atoms with van der Waals surface area (Å²) in [4.78, 5) is 3.98. The first-order chi connectivity index (χ1) is 7.76. The van der Waals surface area contributed by atoms with E-state index >= 15 is 0 Å². The van der Waals surface area contributed by atoms with Gasteiger partial charge in [-0.2, -0.15) is 0 Å². The number of nitrogens with one attached hydrogen (secondary N) is 1. The van der Waals surface area contributed by atoms with E-state index in [1.54, 1.807) is 6.20 Å². The van der Waals surface area contributed by atoms with Gasteiger partial charge in [-0.05, 0) is 25.0 Å². The van der Waals surface area contributed by atoms with Crippen LogP contribution in [0.5, 0.6) is 0 Å². The smallest absolute Gasteiger partial charge is 0.131 e. The summed E-state index contributed by atoms with van der Waals surface area (Å²) in [6, 6.07) is 4.42. The maximum atomic E-state index is 5.86. The molecule has 16 heavy (non-hydrogen) atoms. The number of hydrogen-bond acceptors (Lipinski definition) is 2. The highest BCUT2D eigenvalue weighted by Crippen LogP contribution is 2.17. The molecule has 0 bridgehead atoms. The average molecular weight is 241 g/mol. The molecule has 0 spiro atoms. The van der Waals surface area contributed by atoms with Crippen LogP contribution in [0.4, 0.5) is 5.69 Å². The molecule has 1 rings (SSSR count). The van der Waals surface area contributed by atoms with Crippen molar-refractivity contribution < 1.29 is 0 Å². The second kappa shape index (κ2) is 7.50. The SMILES string of the molecule is CCCCC(CCC)Nc1ccnc(Cl)c1. The molecule has 0 radical (unpaired) electrons. The summed E-state index contributed by atoms with van der Waals surface area (Å²) in [5.74, 6) is 0. The molecule has 0 aliphatic rings. The van der Waals surface area contributed by atoms with Gasteiger partial charge >= 0.3 is 0 Å². The first kappa shape index (κ1) is 13.3. The Labute approximate surface area is 103 Å². The van der Waals surface area contributed by atoms with Crippen LogP contribution in [0, 0.1) is 0 Å². The van der Waals surface area contributed by atoms with Gasteiger partial charge in [0.1, 0.15) is 5.15 Å². The van der Waals surface area contributed by atoms with E-state index in [0.717, 1.165) is 5.69 Å². The van der Waals surface area contributed by atoms with E-state index in [1.165, 1.54) is 32.1 Å². The van der Waals surface area contributed by atoms with E-state index in [2.05, 4.69) is 24.1 Å². The molecule has 2 nitrogen and oxygen atoms in total. The lowest BCUT2D eigenvalue weighted by molar-refractivity contribution is 0.564. The second-order valence-corrected chi connectivity index (χ2v) is 4.53. The molecule has 0 aliphatic heterocycles. The van der Waals surface area contributed by atoms with E-state index < -0.39 is 0 Å². The normalized spacial score (nSPS) is 12.4. The summed E-state index contributed by atoms with van der Waals surface area (Å²) in [6.45, 7) is 4.45. The zero-order valence-electron chi connectivity index (χ0n) is 10.2. The third kappa shape index (κ3) is 4.84. The maximum Gasteiger partial charge on any atom is 0.131 e. The van der Waals surface area contributed by atoms with Crippen LogP contribution < -0.4 is 5.32 Å². The zero-order chi connectivity index (χ0) is 11.8. The summed E-state index contributed by atoms with van der Waals surface area (Å²) in [5.41, 5.74) is 1.08. The van der Waals surface area contributed by atoms with Crippen molar-refractivity contribution in [2.75, 3.05) is 5.32 Å². The van der Waals surface area contributed by atoms with Crippen LogP contribution in [0.15, 0.2) is 18.3 Å². The molecule has 1 aromatic rings. The van der Waals surface area contributed by atoms with Crippen molar-refractivity contribution in [1.82, 2.24) is 4.98 Å². The van der Waals surface area contributed by atoms with E-state index in [4.69, 9.17) is 11.6 Å². The molecule has 3 heteroatoms. The van der Waals surface area contributed by atoms with Gasteiger partial charge < -0.3 is 5.32 Å². The van der Waals surface area contributed by atoms with Gasteiger partial charge in [-0.25, -0.2) is 4.98 Å². The monoisotopic (exact) mass is 240 g/mol. The molecule has 1 N–H and O–H groups in total. The molecule has 0 saturated carbocycles. The lowest BCUT2D eigenvalue weighted by Crippen LogP contribution is -2.19. The molecule has 90 valence electrons. The minimum absolute atomic E-state index is 0.552. The third-order valence-corrected chi connectivity index (χ3v) is 2.85. The molecule has 0 aliphatic carbocycles. The molecule has 0 fully saturated rings. The Bertz CT molecular complexity index is 302. The molecule has 0 saturated heterocycles. The number of nitrogens with zero attached hydrogens (tertiary/aromatic N) is 1. The van der Waals surface area contributed by atoms with Crippen molar-refractivity contribution in [3.8, 4) is 0 Å². The fourth-order valence-corrected chi connectivity index (χ4v) is 1.99. The fraction of sp³-hybridized carbons (Fsp3) is 0.615. The molecule has 1 unspecified atom stereocenters. The second-order valence-electron chi connectivity index (χ2n) is 4.14. The Morgan fingerprint density at radius 2 is 2.12 bits per heavy atom. The highest BCUT2D eigenvalue weighted by atomic mass is 35.5. The molecular weight excluding hydrogens is 220 g/mol. The fourth-order valence-electron chi connectivity index (χ4n) is 1.82. The highest BCUT2D eigenvalue weighted by molar-refractivity contribution is 6.29. The number of anilines is 1. The molecule has 0 amide bonds. The van der Waals surface area contributed by atoms with Crippen LogP contribution in [0.3, 0.4) is 0 Å². The third-order valence-electron chi connectivity index (χ3n) is 2.64. The molecule has 1 atom stereocenters. The van der Waals surface area contributed by atoms with Crippen molar-refractivity contribution in [3.05, 3.63) is 23.5 Å². The first-order valence-corrected chi connectivity index (χ1v) is 6.52. The summed E-state index contributed by atoms with van der Waals surface area (Å²) in [6.07, 6.45) is 7.91. The minimum atomic E-state index is 0.552. The van der Waals surface area contributed by atoms with Crippen LogP contribution in [0.25, 0.3) is 0 Å². The van der Waals surface area contributed by atoms with Crippen LogP contribution in [0.1, 0.15) is 46.0 Å². The molecule has 1 heterocycles. The number of halogens is 1. The number of hydrogen-bond donors (Lipinski definition) is 1. The van der Waals surface area contributed by atoms with Crippen molar-refractivity contribution in [1.29, 1.82) is 0 Å². The standard InChI is InChI=1S/C13H21ClN2/c1-3-5-7-11(6-4-2)16-12-8-9-15-13(14)10-12/h8-11H,3-7H2,1-2H3,(H,15,16). The Hall–Kier alpha value is -0.760.